The maximum Gasteiger partial charge on any atom is 0.257 e. The first-order valence-corrected chi connectivity index (χ1v) is 12.5. The Bertz CT molecular complexity index is 1360. The molecule has 12 nitrogen and oxygen atoms in total. The topological polar surface area (TPSA) is 188 Å². The molecule has 0 spiro atoms. The van der Waals surface area contributed by atoms with E-state index in [-0.39, 0.29) is 29.5 Å². The maximum absolute atomic E-state index is 14.0. The Balaban J connectivity index is 2.03. The average Bonchev–Trinajstić information content (AvgIpc) is 2.80. The molecule has 0 aliphatic heterocycles. The number of Topliss-reactive ketones (excluding diaryl/α,β-unsaturated/α-hetero) is 1. The predicted molar refractivity (Wildman–Crippen MR) is 142 cm³/mol. The summed E-state index contributed by atoms with van der Waals surface area (Å²) in [5.41, 5.74) is 0.127. The number of carbonyl (C=O) groups is 3. The van der Waals surface area contributed by atoms with Gasteiger partial charge in [-0.05, 0) is 51.4 Å². The van der Waals surface area contributed by atoms with Crippen LogP contribution in [0.1, 0.15) is 39.6 Å². The van der Waals surface area contributed by atoms with Gasteiger partial charge in [0.05, 0.1) is 22.7 Å². The Morgan fingerprint density at radius 1 is 1.05 bits per heavy atom. The number of ketones is 1. The van der Waals surface area contributed by atoms with Crippen LogP contribution in [0.4, 0.5) is 5.69 Å². The first kappa shape index (κ1) is 28.4. The lowest BCUT2D eigenvalue weighted by atomic mass is 9.54. The number of aromatic hydroxyl groups is 1. The summed E-state index contributed by atoms with van der Waals surface area (Å²) < 4.78 is 0. The molecule has 0 fully saturated rings. The van der Waals surface area contributed by atoms with E-state index in [0.717, 1.165) is 6.92 Å². The number of primary amides is 1. The molecule has 0 bridgehead atoms. The molecule has 1 aromatic carbocycles. The van der Waals surface area contributed by atoms with Gasteiger partial charge in [-0.25, -0.2) is 0 Å². The number of aliphatic hydroxyl groups excluding tert-OH is 2. The van der Waals surface area contributed by atoms with Crippen molar-refractivity contribution in [3.8, 4) is 5.75 Å². The van der Waals surface area contributed by atoms with Crippen LogP contribution in [0.2, 0.25) is 0 Å². The molecular weight excluding hydrogens is 508 g/mol. The highest BCUT2D eigenvalue weighted by Crippen LogP contribution is 2.57. The van der Waals surface area contributed by atoms with Gasteiger partial charge in [0.25, 0.3) is 11.8 Å². The number of allylic oxidation sites excluding steroid dienone is 1. The number of fused-ring (bicyclic) bond motifs is 3. The Morgan fingerprint density at radius 3 is 2.13 bits per heavy atom. The number of rotatable bonds is 4. The molecule has 0 aromatic heterocycles. The minimum atomic E-state index is -2.59. The summed E-state index contributed by atoms with van der Waals surface area (Å²) in [5, 5.41) is 57.4. The third kappa shape index (κ3) is 3.65. The zero-order chi connectivity index (χ0) is 29.5. The van der Waals surface area contributed by atoms with Crippen LogP contribution in [0.3, 0.4) is 0 Å². The number of phenolic OH excluding ortho intramolecular Hbond substituents is 1. The van der Waals surface area contributed by atoms with E-state index in [1.807, 2.05) is 0 Å². The monoisotopic (exact) mass is 544 g/mol. The second-order valence-electron chi connectivity index (χ2n) is 11.4. The molecule has 12 heteroatoms. The quantitative estimate of drug-likeness (QED) is 0.303. The van der Waals surface area contributed by atoms with Gasteiger partial charge in [0.2, 0.25) is 0 Å². The van der Waals surface area contributed by atoms with Crippen molar-refractivity contribution < 1.29 is 39.9 Å². The Labute approximate surface area is 226 Å². The summed E-state index contributed by atoms with van der Waals surface area (Å²) in [5.74, 6) is -6.21. The zero-order valence-corrected chi connectivity index (χ0v) is 23.1. The van der Waals surface area contributed by atoms with Gasteiger partial charge in [-0.3, -0.25) is 19.3 Å². The molecule has 7 N–H and O–H groups in total. The molecule has 0 saturated heterocycles. The molecule has 4 unspecified atom stereocenters. The van der Waals surface area contributed by atoms with Gasteiger partial charge >= 0.3 is 0 Å². The van der Waals surface area contributed by atoms with Crippen molar-refractivity contribution in [2.45, 2.75) is 37.0 Å². The number of hydrogen-bond acceptors (Lipinski definition) is 10. The van der Waals surface area contributed by atoms with Crippen molar-refractivity contribution in [3.05, 3.63) is 45.4 Å². The normalized spacial score (nSPS) is 30.1. The van der Waals surface area contributed by atoms with E-state index in [2.05, 4.69) is 0 Å². The molecule has 5 atom stereocenters. The minimum Gasteiger partial charge on any atom is -0.510 e. The zero-order valence-electron chi connectivity index (χ0n) is 23.1. The lowest BCUT2D eigenvalue weighted by Crippen LogP contribution is -2.70. The summed E-state index contributed by atoms with van der Waals surface area (Å²) in [6.07, 6.45) is 0.183. The van der Waals surface area contributed by atoms with Crippen LogP contribution in [0, 0.1) is 11.8 Å². The molecule has 3 aliphatic carbocycles. The summed E-state index contributed by atoms with van der Waals surface area (Å²) in [6.45, 7) is 1.05. The van der Waals surface area contributed by atoms with Gasteiger partial charge in [0, 0.05) is 45.4 Å². The molecule has 1 aromatic rings. The van der Waals surface area contributed by atoms with Crippen LogP contribution in [-0.2, 0) is 11.2 Å². The predicted octanol–water partition coefficient (Wildman–Crippen LogP) is 0.0703. The molecular formula is C27H36N4O8. The van der Waals surface area contributed by atoms with Crippen LogP contribution < -0.4 is 10.6 Å². The van der Waals surface area contributed by atoms with Crippen molar-refractivity contribution >= 4 is 23.3 Å². The number of likely N-dealkylation sites (N-methyl/N-ethyl adjacent to an activating group) is 1. The van der Waals surface area contributed by atoms with Crippen LogP contribution in [0.15, 0.2) is 28.7 Å². The summed E-state index contributed by atoms with van der Waals surface area (Å²) in [4.78, 5) is 43.8. The summed E-state index contributed by atoms with van der Waals surface area (Å²) in [7, 11) is 9.68. The third-order valence-corrected chi connectivity index (χ3v) is 8.47. The Morgan fingerprint density at radius 2 is 1.64 bits per heavy atom. The number of aliphatic hydroxyl groups is 4. The fraction of sp³-hybridized carbons (Fsp3) is 0.519. The minimum absolute atomic E-state index is 0.0299. The highest BCUT2D eigenvalue weighted by atomic mass is 16.4. The van der Waals surface area contributed by atoms with Crippen LogP contribution in [0.5, 0.6) is 5.75 Å². The lowest BCUT2D eigenvalue weighted by molar-refractivity contribution is -0.183. The smallest absolute Gasteiger partial charge is 0.257 e. The van der Waals surface area contributed by atoms with E-state index < -0.39 is 69.5 Å². The van der Waals surface area contributed by atoms with Crippen molar-refractivity contribution in [2.75, 3.05) is 47.2 Å². The highest BCUT2D eigenvalue weighted by Gasteiger charge is 2.68. The largest absolute Gasteiger partial charge is 0.510 e. The van der Waals surface area contributed by atoms with Gasteiger partial charge in [-0.2, -0.15) is 0 Å². The Hall–Kier alpha value is -3.61. The average molecular weight is 545 g/mol. The Kier molecular flexibility index (Phi) is 6.53. The second-order valence-corrected chi connectivity index (χ2v) is 11.4. The van der Waals surface area contributed by atoms with Crippen LogP contribution in [0.25, 0.3) is 0 Å². The maximum atomic E-state index is 14.0. The number of carbonyl (C=O) groups excluding carboxylic acids is 3. The van der Waals surface area contributed by atoms with Crippen LogP contribution >= 0.6 is 0 Å². The number of nitrogens with two attached hydrogens (primary N) is 1. The number of anilines is 1. The van der Waals surface area contributed by atoms with Gasteiger partial charge in [0.15, 0.2) is 11.4 Å². The molecule has 3 aliphatic rings. The molecule has 0 heterocycles. The van der Waals surface area contributed by atoms with Gasteiger partial charge < -0.3 is 41.1 Å². The molecule has 2 amide bonds. The number of benzene rings is 1. The first-order chi connectivity index (χ1) is 17.9. The number of amides is 2. The molecule has 0 radical (unpaired) electrons. The second kappa shape index (κ2) is 8.97. The fourth-order valence-corrected chi connectivity index (χ4v) is 6.68. The summed E-state index contributed by atoms with van der Waals surface area (Å²) in [6, 6.07) is 0.485. The molecule has 0 saturated carbocycles. The highest BCUT2D eigenvalue weighted by molar-refractivity contribution is 6.16. The van der Waals surface area contributed by atoms with E-state index in [9.17, 15) is 39.9 Å². The third-order valence-electron chi connectivity index (χ3n) is 8.47. The van der Waals surface area contributed by atoms with Gasteiger partial charge in [-0.15, -0.1) is 0 Å². The van der Waals surface area contributed by atoms with E-state index in [1.54, 1.807) is 33.1 Å². The summed E-state index contributed by atoms with van der Waals surface area (Å²) >= 11 is 0. The first-order valence-electron chi connectivity index (χ1n) is 12.5. The fourth-order valence-electron chi connectivity index (χ4n) is 6.68. The lowest BCUT2D eigenvalue weighted by Gasteiger charge is -2.57. The van der Waals surface area contributed by atoms with Crippen LogP contribution in [-0.4, -0.2) is 112 Å². The molecule has 4 rings (SSSR count). The van der Waals surface area contributed by atoms with E-state index in [4.69, 9.17) is 5.73 Å². The van der Waals surface area contributed by atoms with E-state index in [0.29, 0.717) is 11.3 Å². The van der Waals surface area contributed by atoms with Gasteiger partial charge in [0.1, 0.15) is 22.9 Å². The van der Waals surface area contributed by atoms with E-state index in [1.165, 1.54) is 30.0 Å². The molecule has 39 heavy (non-hydrogen) atoms. The van der Waals surface area contributed by atoms with Crippen molar-refractivity contribution in [1.82, 2.24) is 9.80 Å². The van der Waals surface area contributed by atoms with Crippen molar-refractivity contribution in [1.29, 1.82) is 0 Å². The van der Waals surface area contributed by atoms with Gasteiger partial charge in [-0.1, -0.05) is 0 Å². The SMILES string of the molecule is CN(C)C(=O)c1cc(N(C)C)c2c(c1O)C(=O)C1=C(O)C3(O)C(CC1C2)[C@H](N(C)C)C(O)=C(C(N)=O)C3(C)O. The number of phenols is 1. The van der Waals surface area contributed by atoms with Crippen molar-refractivity contribution in [3.63, 3.8) is 0 Å². The standard InChI is InChI=1S/C27H36N4O8/c1-26(38)18(24(28)36)22(34)19(30(4)5)14-9-11-8-12-15(29(2)3)10-13(25(37)31(6)7)20(32)17(12)21(33)16(11)23(35)27(14,26)39/h10-11,14,19,32,34-35,38-39H,8-9H2,1-7H3,(H2,28,36)/t11?,14?,19-,26?,27?/m0/s1. The van der Waals surface area contributed by atoms with Crippen molar-refractivity contribution in [2.24, 2.45) is 17.6 Å². The number of nitrogens with zero attached hydrogens (tertiary/aromatic N) is 3. The molecule has 212 valence electrons. The van der Waals surface area contributed by atoms with E-state index >= 15 is 0 Å². The number of hydrogen-bond donors (Lipinski definition) is 6.